The molecule has 3 amide bonds. The van der Waals surface area contributed by atoms with Crippen molar-refractivity contribution in [3.63, 3.8) is 0 Å². The van der Waals surface area contributed by atoms with Crippen molar-refractivity contribution in [2.75, 3.05) is 5.32 Å². The first-order valence-electron chi connectivity index (χ1n) is 6.63. The van der Waals surface area contributed by atoms with Crippen LogP contribution in [0.5, 0.6) is 0 Å². The van der Waals surface area contributed by atoms with Gasteiger partial charge in [0.1, 0.15) is 6.04 Å². The second kappa shape index (κ2) is 6.41. The minimum Gasteiger partial charge on any atom is -0.374 e. The van der Waals surface area contributed by atoms with E-state index in [1.54, 1.807) is 6.92 Å². The molecular weight excluding hydrogens is 254 g/mol. The number of nitrogens with one attached hydrogen (secondary N) is 3. The predicted octanol–water partition coefficient (Wildman–Crippen LogP) is 2.42. The van der Waals surface area contributed by atoms with E-state index in [4.69, 9.17) is 0 Å². The summed E-state index contributed by atoms with van der Waals surface area (Å²) in [5, 5.41) is 8.06. The number of hydrogen-bond donors (Lipinski definition) is 3. The summed E-state index contributed by atoms with van der Waals surface area (Å²) in [6, 6.07) is 6.73. The van der Waals surface area contributed by atoms with Crippen LogP contribution in [-0.4, -0.2) is 23.5 Å². The summed E-state index contributed by atoms with van der Waals surface area (Å²) in [5.74, 6) is -0.367. The van der Waals surface area contributed by atoms with Crippen molar-refractivity contribution >= 4 is 17.6 Å². The number of carbonyl (C=O) groups excluding carboxylic acids is 2. The number of rotatable bonds is 3. The van der Waals surface area contributed by atoms with Crippen molar-refractivity contribution in [2.45, 2.75) is 46.2 Å². The Labute approximate surface area is 120 Å². The van der Waals surface area contributed by atoms with Crippen LogP contribution in [0.15, 0.2) is 24.3 Å². The molecule has 0 saturated heterocycles. The highest BCUT2D eigenvalue weighted by atomic mass is 16.2. The fourth-order valence-electron chi connectivity index (χ4n) is 1.64. The van der Waals surface area contributed by atoms with Gasteiger partial charge in [-0.3, -0.25) is 10.1 Å². The molecule has 1 aromatic rings. The fraction of sp³-hybridized carbons (Fsp3) is 0.467. The molecule has 5 nitrogen and oxygen atoms in total. The summed E-state index contributed by atoms with van der Waals surface area (Å²) in [4.78, 5) is 23.5. The molecule has 0 aliphatic rings. The first-order valence-corrected chi connectivity index (χ1v) is 6.63. The average molecular weight is 277 g/mol. The van der Waals surface area contributed by atoms with Crippen LogP contribution < -0.4 is 16.0 Å². The number of imide groups is 1. The summed E-state index contributed by atoms with van der Waals surface area (Å²) in [7, 11) is 0. The molecule has 1 aromatic carbocycles. The Morgan fingerprint density at radius 2 is 1.85 bits per heavy atom. The monoisotopic (exact) mass is 277 g/mol. The second-order valence-corrected chi connectivity index (χ2v) is 5.93. The zero-order chi connectivity index (χ0) is 15.3. The zero-order valence-electron chi connectivity index (χ0n) is 12.7. The highest BCUT2D eigenvalue weighted by molar-refractivity contribution is 5.98. The topological polar surface area (TPSA) is 70.2 Å². The van der Waals surface area contributed by atoms with E-state index >= 15 is 0 Å². The van der Waals surface area contributed by atoms with Crippen LogP contribution in [0.4, 0.5) is 10.5 Å². The molecule has 0 saturated carbocycles. The van der Waals surface area contributed by atoms with E-state index in [1.807, 2.05) is 52.0 Å². The quantitative estimate of drug-likeness (QED) is 0.794. The molecule has 0 aromatic heterocycles. The molecule has 110 valence electrons. The van der Waals surface area contributed by atoms with E-state index in [-0.39, 0.29) is 11.4 Å². The van der Waals surface area contributed by atoms with Gasteiger partial charge in [-0.1, -0.05) is 12.1 Å². The Kier molecular flexibility index (Phi) is 5.13. The highest BCUT2D eigenvalue weighted by Gasteiger charge is 2.19. The Hall–Kier alpha value is -2.04. The molecule has 0 aliphatic heterocycles. The molecule has 5 heteroatoms. The lowest BCUT2D eigenvalue weighted by Gasteiger charge is -2.21. The first-order chi connectivity index (χ1) is 9.17. The molecule has 1 atom stereocenters. The average Bonchev–Trinajstić information content (AvgIpc) is 2.25. The number of aryl methyl sites for hydroxylation is 1. The molecule has 20 heavy (non-hydrogen) atoms. The molecule has 0 fully saturated rings. The van der Waals surface area contributed by atoms with Crippen molar-refractivity contribution in [1.82, 2.24) is 10.6 Å². The van der Waals surface area contributed by atoms with Crippen molar-refractivity contribution in [3.8, 4) is 0 Å². The molecule has 1 rings (SSSR count). The van der Waals surface area contributed by atoms with E-state index in [2.05, 4.69) is 16.0 Å². The van der Waals surface area contributed by atoms with Crippen LogP contribution in [0.2, 0.25) is 0 Å². The SMILES string of the molecule is Cc1cccc(NC(C)C(=O)NC(=O)NC(C)(C)C)c1. The standard InChI is InChI=1S/C15H23N3O2/c1-10-7-6-8-12(9-10)16-11(2)13(19)17-14(20)18-15(3,4)5/h6-9,11,16H,1-5H3,(H2,17,18,19,20). The fourth-order valence-corrected chi connectivity index (χ4v) is 1.64. The van der Waals surface area contributed by atoms with Gasteiger partial charge in [-0.05, 0) is 52.3 Å². The van der Waals surface area contributed by atoms with Gasteiger partial charge in [0.05, 0.1) is 0 Å². The van der Waals surface area contributed by atoms with Gasteiger partial charge in [-0.2, -0.15) is 0 Å². The third-order valence-corrected chi connectivity index (χ3v) is 2.52. The van der Waals surface area contributed by atoms with E-state index in [0.717, 1.165) is 11.3 Å². The minimum atomic E-state index is -0.498. The summed E-state index contributed by atoms with van der Waals surface area (Å²) in [6.07, 6.45) is 0. The molecule has 1 unspecified atom stereocenters. The summed E-state index contributed by atoms with van der Waals surface area (Å²) in [6.45, 7) is 9.25. The molecule has 0 heterocycles. The van der Waals surface area contributed by atoms with Crippen LogP contribution in [-0.2, 0) is 4.79 Å². The van der Waals surface area contributed by atoms with E-state index < -0.39 is 12.1 Å². The van der Waals surface area contributed by atoms with Crippen LogP contribution in [0.1, 0.15) is 33.3 Å². The predicted molar refractivity (Wildman–Crippen MR) is 80.7 cm³/mol. The van der Waals surface area contributed by atoms with Gasteiger partial charge in [0, 0.05) is 11.2 Å². The maximum Gasteiger partial charge on any atom is 0.321 e. The van der Waals surface area contributed by atoms with Crippen molar-refractivity contribution in [2.24, 2.45) is 0 Å². The lowest BCUT2D eigenvalue weighted by molar-refractivity contribution is -0.120. The smallest absolute Gasteiger partial charge is 0.321 e. The third-order valence-electron chi connectivity index (χ3n) is 2.52. The maximum absolute atomic E-state index is 11.9. The van der Waals surface area contributed by atoms with Gasteiger partial charge in [0.2, 0.25) is 5.91 Å². The highest BCUT2D eigenvalue weighted by Crippen LogP contribution is 2.10. The Morgan fingerprint density at radius 1 is 1.20 bits per heavy atom. The van der Waals surface area contributed by atoms with Crippen molar-refractivity contribution < 1.29 is 9.59 Å². The summed E-state index contributed by atoms with van der Waals surface area (Å²) < 4.78 is 0. The lowest BCUT2D eigenvalue weighted by atomic mass is 10.1. The van der Waals surface area contributed by atoms with Crippen LogP contribution in [0.25, 0.3) is 0 Å². The van der Waals surface area contributed by atoms with Gasteiger partial charge in [0.25, 0.3) is 0 Å². The number of carbonyl (C=O) groups is 2. The number of anilines is 1. The Bertz CT molecular complexity index is 492. The van der Waals surface area contributed by atoms with Gasteiger partial charge in [0.15, 0.2) is 0 Å². The number of amides is 3. The van der Waals surface area contributed by atoms with Gasteiger partial charge in [-0.25, -0.2) is 4.79 Å². The van der Waals surface area contributed by atoms with E-state index in [1.165, 1.54) is 0 Å². The molecular formula is C15H23N3O2. The summed E-state index contributed by atoms with van der Waals surface area (Å²) in [5.41, 5.74) is 1.58. The van der Waals surface area contributed by atoms with Gasteiger partial charge < -0.3 is 10.6 Å². The Morgan fingerprint density at radius 3 is 2.40 bits per heavy atom. The van der Waals surface area contributed by atoms with E-state index in [9.17, 15) is 9.59 Å². The lowest BCUT2D eigenvalue weighted by Crippen LogP contribution is -2.51. The number of hydrogen-bond acceptors (Lipinski definition) is 3. The molecule has 0 aliphatic carbocycles. The largest absolute Gasteiger partial charge is 0.374 e. The van der Waals surface area contributed by atoms with E-state index in [0.29, 0.717) is 0 Å². The molecule has 3 N–H and O–H groups in total. The molecule has 0 radical (unpaired) electrons. The van der Waals surface area contributed by atoms with Crippen LogP contribution in [0, 0.1) is 6.92 Å². The molecule has 0 spiro atoms. The van der Waals surface area contributed by atoms with Gasteiger partial charge in [-0.15, -0.1) is 0 Å². The van der Waals surface area contributed by atoms with Crippen LogP contribution >= 0.6 is 0 Å². The Balaban J connectivity index is 2.53. The maximum atomic E-state index is 11.9. The van der Waals surface area contributed by atoms with Crippen LogP contribution in [0.3, 0.4) is 0 Å². The third kappa shape index (κ3) is 5.73. The number of benzene rings is 1. The minimum absolute atomic E-state index is 0.367. The first kappa shape index (κ1) is 16.0. The zero-order valence-corrected chi connectivity index (χ0v) is 12.7. The normalized spacial score (nSPS) is 12.4. The summed E-state index contributed by atoms with van der Waals surface area (Å²) >= 11 is 0. The van der Waals surface area contributed by atoms with Gasteiger partial charge >= 0.3 is 6.03 Å². The second-order valence-electron chi connectivity index (χ2n) is 5.93. The van der Waals surface area contributed by atoms with Crippen molar-refractivity contribution in [3.05, 3.63) is 29.8 Å². The van der Waals surface area contributed by atoms with Crippen molar-refractivity contribution in [1.29, 1.82) is 0 Å². The number of urea groups is 1. The molecule has 0 bridgehead atoms.